The molecule has 0 amide bonds. The maximum atomic E-state index is 12.0. The molecule has 1 aromatic carbocycles. The van der Waals surface area contributed by atoms with Crippen LogP contribution in [-0.2, 0) is 19.4 Å². The topological polar surface area (TPSA) is 60.4 Å². The first-order chi connectivity index (χ1) is 8.92. The van der Waals surface area contributed by atoms with E-state index in [9.17, 15) is 13.2 Å². The van der Waals surface area contributed by atoms with Crippen molar-refractivity contribution in [2.24, 2.45) is 5.92 Å². The highest BCUT2D eigenvalue weighted by molar-refractivity contribution is 8.00. The maximum Gasteiger partial charge on any atom is 0.309 e. The van der Waals surface area contributed by atoms with Crippen LogP contribution in [0.3, 0.4) is 0 Å². The number of ether oxygens (including phenoxy) is 1. The Morgan fingerprint density at radius 3 is 2.58 bits per heavy atom. The lowest BCUT2D eigenvalue weighted by Crippen LogP contribution is -2.15. The van der Waals surface area contributed by atoms with Gasteiger partial charge in [-0.25, -0.2) is 8.42 Å². The second-order valence-electron chi connectivity index (χ2n) is 4.09. The molecule has 1 aromatic rings. The van der Waals surface area contributed by atoms with E-state index in [0.29, 0.717) is 15.5 Å². The third-order valence-electron chi connectivity index (χ3n) is 2.66. The SMILES string of the molecule is CCS(=O)(=O)c1ccccc1SCC(C)C(=O)OC. The molecule has 4 nitrogen and oxygen atoms in total. The molecule has 0 bridgehead atoms. The minimum atomic E-state index is -3.24. The molecule has 1 unspecified atom stereocenters. The quantitative estimate of drug-likeness (QED) is 0.596. The number of thioether (sulfide) groups is 1. The summed E-state index contributed by atoms with van der Waals surface area (Å²) in [6.07, 6.45) is 0. The number of hydrogen-bond acceptors (Lipinski definition) is 5. The zero-order chi connectivity index (χ0) is 14.5. The Bertz CT molecular complexity index is 537. The molecule has 0 spiro atoms. The van der Waals surface area contributed by atoms with Gasteiger partial charge in [-0.15, -0.1) is 11.8 Å². The monoisotopic (exact) mass is 302 g/mol. The normalized spacial score (nSPS) is 13.0. The molecule has 0 aromatic heterocycles. The smallest absolute Gasteiger partial charge is 0.309 e. The molecule has 0 radical (unpaired) electrons. The van der Waals surface area contributed by atoms with E-state index in [4.69, 9.17) is 0 Å². The van der Waals surface area contributed by atoms with Crippen LogP contribution in [0.4, 0.5) is 0 Å². The summed E-state index contributed by atoms with van der Waals surface area (Å²) in [6, 6.07) is 6.86. The molecule has 0 aliphatic carbocycles. The highest BCUT2D eigenvalue weighted by Crippen LogP contribution is 2.28. The Kier molecular flexibility index (Phi) is 5.87. The number of sulfone groups is 1. The van der Waals surface area contributed by atoms with Gasteiger partial charge in [0.1, 0.15) is 0 Å². The van der Waals surface area contributed by atoms with Crippen LogP contribution in [0.5, 0.6) is 0 Å². The Labute approximate surface area is 118 Å². The third kappa shape index (κ3) is 4.24. The molecule has 106 valence electrons. The highest BCUT2D eigenvalue weighted by Gasteiger charge is 2.19. The largest absolute Gasteiger partial charge is 0.469 e. The van der Waals surface area contributed by atoms with Crippen LogP contribution in [0.2, 0.25) is 0 Å². The van der Waals surface area contributed by atoms with Gasteiger partial charge in [0.25, 0.3) is 0 Å². The number of hydrogen-bond donors (Lipinski definition) is 0. The van der Waals surface area contributed by atoms with Crippen molar-refractivity contribution >= 4 is 27.6 Å². The van der Waals surface area contributed by atoms with Gasteiger partial charge in [-0.05, 0) is 12.1 Å². The van der Waals surface area contributed by atoms with Crippen molar-refractivity contribution in [2.75, 3.05) is 18.6 Å². The molecule has 0 N–H and O–H groups in total. The number of esters is 1. The predicted octanol–water partition coefficient (Wildman–Crippen LogP) is 2.38. The molecule has 0 heterocycles. The van der Waals surface area contributed by atoms with Crippen LogP contribution in [0.1, 0.15) is 13.8 Å². The summed E-state index contributed by atoms with van der Waals surface area (Å²) < 4.78 is 28.6. The fraction of sp³-hybridized carbons (Fsp3) is 0.462. The Morgan fingerprint density at radius 1 is 1.37 bits per heavy atom. The van der Waals surface area contributed by atoms with Crippen molar-refractivity contribution in [1.82, 2.24) is 0 Å². The summed E-state index contributed by atoms with van der Waals surface area (Å²) in [7, 11) is -1.89. The molecular formula is C13H18O4S2. The van der Waals surface area contributed by atoms with Gasteiger partial charge in [-0.3, -0.25) is 4.79 Å². The molecule has 1 atom stereocenters. The van der Waals surface area contributed by atoms with Crippen LogP contribution >= 0.6 is 11.8 Å². The Balaban J connectivity index is 2.88. The van der Waals surface area contributed by atoms with Crippen molar-refractivity contribution in [3.05, 3.63) is 24.3 Å². The molecule has 0 aliphatic heterocycles. The lowest BCUT2D eigenvalue weighted by molar-refractivity contribution is -0.143. The molecule has 19 heavy (non-hydrogen) atoms. The number of benzene rings is 1. The molecule has 0 saturated heterocycles. The third-order valence-corrected chi connectivity index (χ3v) is 5.91. The average molecular weight is 302 g/mol. The minimum absolute atomic E-state index is 0.0666. The summed E-state index contributed by atoms with van der Waals surface area (Å²) in [5.41, 5.74) is 0. The number of methoxy groups -OCH3 is 1. The first-order valence-corrected chi connectivity index (χ1v) is 8.58. The van der Waals surface area contributed by atoms with Crippen LogP contribution in [-0.4, -0.2) is 33.0 Å². The number of carbonyl (C=O) groups is 1. The van der Waals surface area contributed by atoms with Crippen LogP contribution in [0, 0.1) is 5.92 Å². The molecule has 0 aliphatic rings. The predicted molar refractivity (Wildman–Crippen MR) is 76.1 cm³/mol. The fourth-order valence-corrected chi connectivity index (χ4v) is 3.95. The number of rotatable bonds is 6. The van der Waals surface area contributed by atoms with E-state index in [-0.39, 0.29) is 17.6 Å². The van der Waals surface area contributed by atoms with Gasteiger partial charge in [0.2, 0.25) is 0 Å². The van der Waals surface area contributed by atoms with Gasteiger partial charge in [0, 0.05) is 10.6 Å². The first kappa shape index (κ1) is 16.0. The first-order valence-electron chi connectivity index (χ1n) is 5.94. The van der Waals surface area contributed by atoms with Crippen molar-refractivity contribution in [3.63, 3.8) is 0 Å². The van der Waals surface area contributed by atoms with E-state index in [2.05, 4.69) is 4.74 Å². The van der Waals surface area contributed by atoms with Crippen molar-refractivity contribution < 1.29 is 17.9 Å². The van der Waals surface area contributed by atoms with E-state index >= 15 is 0 Å². The summed E-state index contributed by atoms with van der Waals surface area (Å²) in [6.45, 7) is 3.38. The average Bonchev–Trinajstić information content (AvgIpc) is 2.44. The van der Waals surface area contributed by atoms with Crippen molar-refractivity contribution in [3.8, 4) is 0 Å². The van der Waals surface area contributed by atoms with Crippen molar-refractivity contribution in [2.45, 2.75) is 23.6 Å². The lowest BCUT2D eigenvalue weighted by Gasteiger charge is -2.11. The van der Waals surface area contributed by atoms with E-state index in [0.717, 1.165) is 0 Å². The second kappa shape index (κ2) is 6.96. The molecule has 0 fully saturated rings. The molecular weight excluding hydrogens is 284 g/mol. The standard InChI is InChI=1S/C13H18O4S2/c1-4-19(15,16)12-8-6-5-7-11(12)18-9-10(2)13(14)17-3/h5-8,10H,4,9H2,1-3H3. The van der Waals surface area contributed by atoms with E-state index < -0.39 is 9.84 Å². The zero-order valence-corrected chi connectivity index (χ0v) is 12.9. The number of carbonyl (C=O) groups excluding carboxylic acids is 1. The van der Waals surface area contributed by atoms with E-state index in [1.54, 1.807) is 38.1 Å². The Hall–Kier alpha value is -1.01. The van der Waals surface area contributed by atoms with E-state index in [1.807, 2.05) is 0 Å². The van der Waals surface area contributed by atoms with E-state index in [1.165, 1.54) is 18.9 Å². The highest BCUT2D eigenvalue weighted by atomic mass is 32.2. The van der Waals surface area contributed by atoms with Crippen LogP contribution in [0.15, 0.2) is 34.1 Å². The summed E-state index contributed by atoms with van der Waals surface area (Å²) in [5, 5.41) is 0. The van der Waals surface area contributed by atoms with Crippen molar-refractivity contribution in [1.29, 1.82) is 0 Å². The van der Waals surface area contributed by atoms with Crippen LogP contribution in [0.25, 0.3) is 0 Å². The second-order valence-corrected chi connectivity index (χ2v) is 7.39. The van der Waals surface area contributed by atoms with Gasteiger partial charge in [0.15, 0.2) is 9.84 Å². The van der Waals surface area contributed by atoms with Gasteiger partial charge in [0.05, 0.1) is 23.7 Å². The summed E-state index contributed by atoms with van der Waals surface area (Å²) in [5.74, 6) is -0.00392. The maximum absolute atomic E-state index is 12.0. The van der Waals surface area contributed by atoms with Gasteiger partial charge in [-0.1, -0.05) is 26.0 Å². The van der Waals surface area contributed by atoms with Gasteiger partial charge in [-0.2, -0.15) is 0 Å². The molecule has 0 saturated carbocycles. The lowest BCUT2D eigenvalue weighted by atomic mass is 10.2. The zero-order valence-electron chi connectivity index (χ0n) is 11.3. The molecule has 6 heteroatoms. The summed E-state index contributed by atoms with van der Waals surface area (Å²) in [4.78, 5) is 12.3. The fourth-order valence-electron chi connectivity index (χ4n) is 1.47. The van der Waals surface area contributed by atoms with Gasteiger partial charge < -0.3 is 4.74 Å². The summed E-state index contributed by atoms with van der Waals surface area (Å²) >= 11 is 1.36. The molecule has 1 rings (SSSR count). The Morgan fingerprint density at radius 2 is 2.00 bits per heavy atom. The minimum Gasteiger partial charge on any atom is -0.469 e. The van der Waals surface area contributed by atoms with Crippen LogP contribution < -0.4 is 0 Å². The van der Waals surface area contributed by atoms with Gasteiger partial charge >= 0.3 is 5.97 Å².